The fraction of sp³-hybridized carbons (Fsp3) is 0.708. The molecule has 0 saturated heterocycles. The van der Waals surface area contributed by atoms with E-state index in [1.165, 1.54) is 77.0 Å². The summed E-state index contributed by atoms with van der Waals surface area (Å²) in [5.74, 6) is 1.03. The molecule has 27 heavy (non-hydrogen) atoms. The monoisotopic (exact) mass is 376 g/mol. The number of ether oxygens (including phenoxy) is 2. The molecule has 0 heterocycles. The van der Waals surface area contributed by atoms with Gasteiger partial charge in [-0.15, -0.1) is 0 Å². The highest BCUT2D eigenvalue weighted by Crippen LogP contribution is 2.20. The van der Waals surface area contributed by atoms with Crippen molar-refractivity contribution in [2.75, 3.05) is 13.7 Å². The lowest BCUT2D eigenvalue weighted by Crippen LogP contribution is -2.15. The minimum atomic E-state index is -0.223. The molecule has 1 rings (SSSR count). The highest BCUT2D eigenvalue weighted by atomic mass is 16.5. The zero-order chi connectivity index (χ0) is 19.7. The lowest BCUT2D eigenvalue weighted by molar-refractivity contribution is 0.0422. The van der Waals surface area contributed by atoms with Gasteiger partial charge in [0, 0.05) is 0 Å². The Morgan fingerprint density at radius 1 is 0.815 bits per heavy atom. The van der Waals surface area contributed by atoms with Gasteiger partial charge in [-0.2, -0.15) is 0 Å². The van der Waals surface area contributed by atoms with Crippen LogP contribution in [-0.2, 0) is 4.74 Å². The third kappa shape index (κ3) is 11.0. The van der Waals surface area contributed by atoms with Crippen LogP contribution in [0.15, 0.2) is 24.3 Å². The summed E-state index contributed by atoms with van der Waals surface area (Å²) in [5, 5.41) is 0. The summed E-state index contributed by atoms with van der Waals surface area (Å²) in [7, 11) is 1.62. The number of hydrogen-bond donors (Lipinski definition) is 0. The van der Waals surface area contributed by atoms with E-state index >= 15 is 0 Å². The first-order valence-electron chi connectivity index (χ1n) is 11.0. The lowest BCUT2D eigenvalue weighted by atomic mass is 9.95. The Balaban J connectivity index is 2.39. The van der Waals surface area contributed by atoms with E-state index in [0.29, 0.717) is 18.1 Å². The molecular formula is C24H40O3. The van der Waals surface area contributed by atoms with Crippen molar-refractivity contribution in [1.82, 2.24) is 0 Å². The molecule has 0 saturated carbocycles. The molecule has 1 aromatic carbocycles. The molecule has 3 heteroatoms. The van der Waals surface area contributed by atoms with E-state index in [1.807, 2.05) is 0 Å². The molecule has 0 aliphatic carbocycles. The van der Waals surface area contributed by atoms with Crippen LogP contribution in [0, 0.1) is 5.92 Å². The van der Waals surface area contributed by atoms with Gasteiger partial charge in [0.25, 0.3) is 0 Å². The van der Waals surface area contributed by atoms with Gasteiger partial charge in [0.2, 0.25) is 0 Å². The van der Waals surface area contributed by atoms with Crippen molar-refractivity contribution in [2.24, 2.45) is 5.92 Å². The van der Waals surface area contributed by atoms with E-state index in [4.69, 9.17) is 9.47 Å². The molecule has 0 aliphatic rings. The highest BCUT2D eigenvalue weighted by molar-refractivity contribution is 5.89. The third-order valence-electron chi connectivity index (χ3n) is 5.21. The predicted molar refractivity (Wildman–Crippen MR) is 114 cm³/mol. The van der Waals surface area contributed by atoms with Gasteiger partial charge in [-0.05, 0) is 43.0 Å². The maximum Gasteiger partial charge on any atom is 0.338 e. The summed E-state index contributed by atoms with van der Waals surface area (Å²) in [6, 6.07) is 7.14. The average Bonchev–Trinajstić information content (AvgIpc) is 2.71. The second kappa shape index (κ2) is 15.5. The standard InChI is InChI=1S/C24H40O3/c1-4-6-8-10-11-13-15-21(14-12-9-7-5-2)20-27-24(25)22-16-18-23(26-3)19-17-22/h16-19,21H,4-15,20H2,1-3H3. The van der Waals surface area contributed by atoms with Crippen LogP contribution in [0.5, 0.6) is 5.75 Å². The van der Waals surface area contributed by atoms with Crippen molar-refractivity contribution in [3.8, 4) is 5.75 Å². The molecule has 154 valence electrons. The van der Waals surface area contributed by atoms with Gasteiger partial charge in [0.1, 0.15) is 5.75 Å². The average molecular weight is 377 g/mol. The first-order chi connectivity index (χ1) is 13.2. The first kappa shape index (κ1) is 23.5. The summed E-state index contributed by atoms with van der Waals surface area (Å²) in [6.07, 6.45) is 15.3. The molecule has 0 aliphatic heterocycles. The summed E-state index contributed by atoms with van der Waals surface area (Å²) >= 11 is 0. The van der Waals surface area contributed by atoms with Crippen LogP contribution in [0.1, 0.15) is 101 Å². The van der Waals surface area contributed by atoms with Crippen LogP contribution >= 0.6 is 0 Å². The third-order valence-corrected chi connectivity index (χ3v) is 5.21. The molecule has 0 aromatic heterocycles. The number of methoxy groups -OCH3 is 1. The zero-order valence-corrected chi connectivity index (χ0v) is 17.8. The minimum absolute atomic E-state index is 0.223. The van der Waals surface area contributed by atoms with Crippen molar-refractivity contribution in [3.63, 3.8) is 0 Å². The fourth-order valence-corrected chi connectivity index (χ4v) is 3.39. The Kier molecular flexibility index (Phi) is 13.5. The number of carbonyl (C=O) groups is 1. The van der Waals surface area contributed by atoms with Crippen LogP contribution in [0.25, 0.3) is 0 Å². The molecule has 0 N–H and O–H groups in total. The highest BCUT2D eigenvalue weighted by Gasteiger charge is 2.13. The Morgan fingerprint density at radius 2 is 1.33 bits per heavy atom. The van der Waals surface area contributed by atoms with E-state index in [-0.39, 0.29) is 5.97 Å². The molecule has 1 aromatic rings. The van der Waals surface area contributed by atoms with Gasteiger partial charge in [-0.1, -0.05) is 78.1 Å². The van der Waals surface area contributed by atoms with Crippen molar-refractivity contribution in [2.45, 2.75) is 90.9 Å². The smallest absolute Gasteiger partial charge is 0.338 e. The van der Waals surface area contributed by atoms with E-state index in [9.17, 15) is 4.79 Å². The van der Waals surface area contributed by atoms with E-state index < -0.39 is 0 Å². The Labute approximate surface area is 166 Å². The normalized spacial score (nSPS) is 12.0. The fourth-order valence-electron chi connectivity index (χ4n) is 3.39. The van der Waals surface area contributed by atoms with Gasteiger partial charge in [-0.3, -0.25) is 0 Å². The molecule has 1 atom stereocenters. The Hall–Kier alpha value is -1.51. The van der Waals surface area contributed by atoms with Crippen molar-refractivity contribution in [3.05, 3.63) is 29.8 Å². The molecule has 0 fully saturated rings. The number of benzene rings is 1. The van der Waals surface area contributed by atoms with Gasteiger partial charge < -0.3 is 9.47 Å². The van der Waals surface area contributed by atoms with Crippen molar-refractivity contribution >= 4 is 5.97 Å². The van der Waals surface area contributed by atoms with Crippen LogP contribution in [-0.4, -0.2) is 19.7 Å². The molecule has 0 radical (unpaired) electrons. The largest absolute Gasteiger partial charge is 0.497 e. The summed E-state index contributed by atoms with van der Waals surface area (Å²) in [5.41, 5.74) is 0.597. The molecule has 3 nitrogen and oxygen atoms in total. The van der Waals surface area contributed by atoms with Crippen LogP contribution in [0.2, 0.25) is 0 Å². The number of rotatable bonds is 16. The second-order valence-corrected chi connectivity index (χ2v) is 7.60. The first-order valence-corrected chi connectivity index (χ1v) is 11.0. The number of esters is 1. The number of carbonyl (C=O) groups excluding carboxylic acids is 1. The van der Waals surface area contributed by atoms with E-state index in [0.717, 1.165) is 5.75 Å². The Bertz CT molecular complexity index is 481. The topological polar surface area (TPSA) is 35.5 Å². The lowest BCUT2D eigenvalue weighted by Gasteiger charge is -2.17. The van der Waals surface area contributed by atoms with Crippen molar-refractivity contribution in [1.29, 1.82) is 0 Å². The zero-order valence-electron chi connectivity index (χ0n) is 17.8. The van der Waals surface area contributed by atoms with Gasteiger partial charge >= 0.3 is 5.97 Å². The van der Waals surface area contributed by atoms with Crippen LogP contribution in [0.3, 0.4) is 0 Å². The molecule has 1 unspecified atom stereocenters. The Morgan fingerprint density at radius 3 is 1.89 bits per heavy atom. The van der Waals surface area contributed by atoms with Gasteiger partial charge in [-0.25, -0.2) is 4.79 Å². The number of hydrogen-bond acceptors (Lipinski definition) is 3. The van der Waals surface area contributed by atoms with Crippen LogP contribution < -0.4 is 4.74 Å². The molecular weight excluding hydrogens is 336 g/mol. The second-order valence-electron chi connectivity index (χ2n) is 7.60. The quantitative estimate of drug-likeness (QED) is 0.226. The van der Waals surface area contributed by atoms with Crippen molar-refractivity contribution < 1.29 is 14.3 Å². The summed E-state index contributed by atoms with van der Waals surface area (Å²) < 4.78 is 10.8. The van der Waals surface area contributed by atoms with E-state index in [1.54, 1.807) is 31.4 Å². The maximum absolute atomic E-state index is 12.3. The SMILES string of the molecule is CCCCCCCCC(CCCCCC)COC(=O)c1ccc(OC)cc1. The van der Waals surface area contributed by atoms with Gasteiger partial charge in [0.15, 0.2) is 0 Å². The van der Waals surface area contributed by atoms with Gasteiger partial charge in [0.05, 0.1) is 19.3 Å². The van der Waals surface area contributed by atoms with Crippen LogP contribution in [0.4, 0.5) is 0 Å². The number of unbranched alkanes of at least 4 members (excludes halogenated alkanes) is 8. The summed E-state index contributed by atoms with van der Waals surface area (Å²) in [4.78, 5) is 12.3. The molecule has 0 amide bonds. The maximum atomic E-state index is 12.3. The summed E-state index contributed by atoms with van der Waals surface area (Å²) in [6.45, 7) is 5.04. The molecule has 0 spiro atoms. The van der Waals surface area contributed by atoms with E-state index in [2.05, 4.69) is 13.8 Å². The molecule has 0 bridgehead atoms. The predicted octanol–water partition coefficient (Wildman–Crippen LogP) is 7.19. The minimum Gasteiger partial charge on any atom is -0.497 e.